The van der Waals surface area contributed by atoms with Gasteiger partial charge in [-0.3, -0.25) is 14.4 Å². The Morgan fingerprint density at radius 2 is 1.66 bits per heavy atom. The van der Waals surface area contributed by atoms with Gasteiger partial charge in [0.1, 0.15) is 18.2 Å². The van der Waals surface area contributed by atoms with Crippen LogP contribution in [0.1, 0.15) is 42.2 Å². The van der Waals surface area contributed by atoms with Gasteiger partial charge < -0.3 is 10.1 Å². The standard InChI is InChI=1S/C25H21FN2O4/c1-15-3-4-16(2)22(13-15)28-24(30)20-10-5-17(14-21(20)25(28)31)23(29)27-11-12-32-19-8-6-18(26)7-9-19/h3-10,13-14H,11-12H2,1-2H3,(H,27,29). The number of ether oxygens (including phenoxy) is 1. The van der Waals surface area contributed by atoms with Gasteiger partial charge in [-0.1, -0.05) is 12.1 Å². The van der Waals surface area contributed by atoms with Crippen molar-refractivity contribution in [3.05, 3.63) is 94.3 Å². The number of carbonyl (C=O) groups is 3. The highest BCUT2D eigenvalue weighted by atomic mass is 19.1. The van der Waals surface area contributed by atoms with Crippen molar-refractivity contribution >= 4 is 23.4 Å². The zero-order valence-corrected chi connectivity index (χ0v) is 17.6. The molecule has 1 aliphatic rings. The topological polar surface area (TPSA) is 75.7 Å². The van der Waals surface area contributed by atoms with Crippen LogP contribution in [0.5, 0.6) is 5.75 Å². The highest BCUT2D eigenvalue weighted by Crippen LogP contribution is 2.31. The Kier molecular flexibility index (Phi) is 5.73. The van der Waals surface area contributed by atoms with Crippen molar-refractivity contribution in [1.29, 1.82) is 0 Å². The first-order chi connectivity index (χ1) is 15.3. The summed E-state index contributed by atoms with van der Waals surface area (Å²) in [7, 11) is 0. The van der Waals surface area contributed by atoms with Gasteiger partial charge in [-0.15, -0.1) is 0 Å². The molecule has 7 heteroatoms. The molecular formula is C25H21FN2O4. The molecule has 4 rings (SSSR count). The molecule has 0 saturated carbocycles. The number of halogens is 1. The van der Waals surface area contributed by atoms with E-state index in [0.717, 1.165) is 16.0 Å². The summed E-state index contributed by atoms with van der Waals surface area (Å²) >= 11 is 0. The molecule has 3 aromatic rings. The molecule has 0 aliphatic carbocycles. The zero-order chi connectivity index (χ0) is 22.8. The van der Waals surface area contributed by atoms with E-state index in [1.54, 1.807) is 6.07 Å². The molecule has 0 aromatic heterocycles. The summed E-state index contributed by atoms with van der Waals surface area (Å²) in [6, 6.07) is 15.6. The first-order valence-corrected chi connectivity index (χ1v) is 10.1. The van der Waals surface area contributed by atoms with E-state index < -0.39 is 11.8 Å². The minimum Gasteiger partial charge on any atom is -0.492 e. The molecule has 32 heavy (non-hydrogen) atoms. The van der Waals surface area contributed by atoms with E-state index in [1.165, 1.54) is 42.5 Å². The fraction of sp³-hybridized carbons (Fsp3) is 0.160. The van der Waals surface area contributed by atoms with Crippen molar-refractivity contribution in [2.24, 2.45) is 0 Å². The number of aryl methyl sites for hydroxylation is 2. The third-order valence-electron chi connectivity index (χ3n) is 5.22. The lowest BCUT2D eigenvalue weighted by Crippen LogP contribution is -2.30. The predicted octanol–water partition coefficient (Wildman–Crippen LogP) is 4.05. The summed E-state index contributed by atoms with van der Waals surface area (Å²) in [6.45, 7) is 4.14. The smallest absolute Gasteiger partial charge is 0.266 e. The fourth-order valence-electron chi connectivity index (χ4n) is 3.53. The average molecular weight is 432 g/mol. The van der Waals surface area contributed by atoms with Crippen LogP contribution in [-0.4, -0.2) is 30.9 Å². The number of anilines is 1. The molecule has 1 N–H and O–H groups in total. The van der Waals surface area contributed by atoms with Gasteiger partial charge in [0.2, 0.25) is 0 Å². The van der Waals surface area contributed by atoms with E-state index >= 15 is 0 Å². The van der Waals surface area contributed by atoms with Crippen molar-refractivity contribution in [1.82, 2.24) is 5.32 Å². The monoisotopic (exact) mass is 432 g/mol. The molecule has 162 valence electrons. The minimum atomic E-state index is -0.451. The molecule has 0 bridgehead atoms. The summed E-state index contributed by atoms with van der Waals surface area (Å²) in [4.78, 5) is 39.6. The normalized spacial score (nSPS) is 12.7. The number of benzene rings is 3. The highest BCUT2D eigenvalue weighted by Gasteiger charge is 2.37. The maximum absolute atomic E-state index is 13.0. The molecule has 3 aromatic carbocycles. The van der Waals surface area contributed by atoms with Gasteiger partial charge in [0.15, 0.2) is 0 Å². The van der Waals surface area contributed by atoms with E-state index in [0.29, 0.717) is 11.4 Å². The molecule has 0 radical (unpaired) electrons. The van der Waals surface area contributed by atoms with Crippen LogP contribution in [0.3, 0.4) is 0 Å². The summed E-state index contributed by atoms with van der Waals surface area (Å²) in [5, 5.41) is 2.71. The number of imide groups is 1. The first kappa shape index (κ1) is 21.2. The van der Waals surface area contributed by atoms with Gasteiger partial charge >= 0.3 is 0 Å². The highest BCUT2D eigenvalue weighted by molar-refractivity contribution is 6.35. The van der Waals surface area contributed by atoms with Crippen molar-refractivity contribution < 1.29 is 23.5 Å². The molecule has 0 unspecified atom stereocenters. The van der Waals surface area contributed by atoms with Crippen molar-refractivity contribution in [3.8, 4) is 5.75 Å². The third-order valence-corrected chi connectivity index (χ3v) is 5.22. The zero-order valence-electron chi connectivity index (χ0n) is 17.6. The minimum absolute atomic E-state index is 0.195. The molecule has 6 nitrogen and oxygen atoms in total. The van der Waals surface area contributed by atoms with E-state index in [1.807, 2.05) is 26.0 Å². The number of hydrogen-bond acceptors (Lipinski definition) is 4. The van der Waals surface area contributed by atoms with Crippen LogP contribution in [0.15, 0.2) is 60.7 Å². The number of rotatable bonds is 6. The lowest BCUT2D eigenvalue weighted by molar-refractivity contribution is 0.0923. The summed E-state index contributed by atoms with van der Waals surface area (Å²) in [5.41, 5.74) is 3.03. The summed E-state index contributed by atoms with van der Waals surface area (Å²) in [5.74, 6) is -1.10. The Morgan fingerprint density at radius 3 is 2.41 bits per heavy atom. The predicted molar refractivity (Wildman–Crippen MR) is 118 cm³/mol. The van der Waals surface area contributed by atoms with Crippen LogP contribution >= 0.6 is 0 Å². The number of nitrogens with zero attached hydrogens (tertiary/aromatic N) is 1. The lowest BCUT2D eigenvalue weighted by Gasteiger charge is -2.17. The van der Waals surface area contributed by atoms with Gasteiger partial charge in [0, 0.05) is 5.56 Å². The van der Waals surface area contributed by atoms with E-state index in [2.05, 4.69) is 5.32 Å². The Hall–Kier alpha value is -4.00. The second-order valence-electron chi connectivity index (χ2n) is 7.55. The molecule has 0 spiro atoms. The second-order valence-corrected chi connectivity index (χ2v) is 7.55. The SMILES string of the molecule is Cc1ccc(C)c(N2C(=O)c3ccc(C(=O)NCCOc4ccc(F)cc4)cc3C2=O)c1. The van der Waals surface area contributed by atoms with Gasteiger partial charge in [0.05, 0.1) is 23.4 Å². The van der Waals surface area contributed by atoms with Gasteiger partial charge in [-0.25, -0.2) is 9.29 Å². The Morgan fingerprint density at radius 1 is 0.938 bits per heavy atom. The number of hydrogen-bond donors (Lipinski definition) is 1. The number of fused-ring (bicyclic) bond motifs is 1. The Labute approximate surface area is 184 Å². The first-order valence-electron chi connectivity index (χ1n) is 10.1. The van der Waals surface area contributed by atoms with Crippen LogP contribution < -0.4 is 15.0 Å². The van der Waals surface area contributed by atoms with Crippen LogP contribution in [-0.2, 0) is 0 Å². The molecule has 1 heterocycles. The number of amides is 3. The average Bonchev–Trinajstić information content (AvgIpc) is 3.03. The molecule has 0 saturated heterocycles. The third kappa shape index (κ3) is 4.09. The van der Waals surface area contributed by atoms with Gasteiger partial charge in [-0.05, 0) is 73.5 Å². The quantitative estimate of drug-likeness (QED) is 0.471. The number of nitrogens with one attached hydrogen (secondary N) is 1. The maximum Gasteiger partial charge on any atom is 0.266 e. The molecule has 0 fully saturated rings. The van der Waals surface area contributed by atoms with Crippen molar-refractivity contribution in [2.75, 3.05) is 18.1 Å². The molecular weight excluding hydrogens is 411 g/mol. The molecule has 1 aliphatic heterocycles. The number of carbonyl (C=O) groups excluding carboxylic acids is 3. The van der Waals surface area contributed by atoms with E-state index in [-0.39, 0.29) is 41.6 Å². The Bertz CT molecular complexity index is 1220. The van der Waals surface area contributed by atoms with Crippen LogP contribution in [0, 0.1) is 19.7 Å². The lowest BCUT2D eigenvalue weighted by atomic mass is 10.1. The van der Waals surface area contributed by atoms with Gasteiger partial charge in [-0.2, -0.15) is 0 Å². The fourth-order valence-corrected chi connectivity index (χ4v) is 3.53. The van der Waals surface area contributed by atoms with Crippen LogP contribution in [0.25, 0.3) is 0 Å². The van der Waals surface area contributed by atoms with E-state index in [4.69, 9.17) is 4.74 Å². The summed E-state index contributed by atoms with van der Waals surface area (Å²) < 4.78 is 18.4. The molecule has 3 amide bonds. The van der Waals surface area contributed by atoms with Crippen molar-refractivity contribution in [3.63, 3.8) is 0 Å². The van der Waals surface area contributed by atoms with E-state index in [9.17, 15) is 18.8 Å². The Balaban J connectivity index is 1.44. The largest absolute Gasteiger partial charge is 0.492 e. The van der Waals surface area contributed by atoms with Crippen LogP contribution in [0.4, 0.5) is 10.1 Å². The summed E-state index contributed by atoms with van der Waals surface area (Å²) in [6.07, 6.45) is 0. The van der Waals surface area contributed by atoms with Crippen LogP contribution in [0.2, 0.25) is 0 Å². The van der Waals surface area contributed by atoms with Crippen molar-refractivity contribution in [2.45, 2.75) is 13.8 Å². The molecule has 0 atom stereocenters. The second kappa shape index (κ2) is 8.63. The van der Waals surface area contributed by atoms with Gasteiger partial charge in [0.25, 0.3) is 17.7 Å². The maximum atomic E-state index is 13.0.